The molecule has 22 heavy (non-hydrogen) atoms. The first-order valence-electron chi connectivity index (χ1n) is 8.16. The Morgan fingerprint density at radius 3 is 2.23 bits per heavy atom. The summed E-state index contributed by atoms with van der Waals surface area (Å²) >= 11 is 0. The first kappa shape index (κ1) is 14.4. The van der Waals surface area contributed by atoms with Crippen LogP contribution in [0.5, 0.6) is 0 Å². The van der Waals surface area contributed by atoms with Crippen LogP contribution in [-0.4, -0.2) is 30.2 Å². The van der Waals surface area contributed by atoms with E-state index in [4.69, 9.17) is 14.2 Å². The highest BCUT2D eigenvalue weighted by molar-refractivity contribution is 5.73. The number of hydrogen-bond acceptors (Lipinski definition) is 3. The summed E-state index contributed by atoms with van der Waals surface area (Å²) in [6.07, 6.45) is 0.152. The topological polar surface area (TPSA) is 27.7 Å². The van der Waals surface area contributed by atoms with Crippen molar-refractivity contribution in [2.24, 2.45) is 5.92 Å². The van der Waals surface area contributed by atoms with Crippen LogP contribution in [0.4, 0.5) is 0 Å². The van der Waals surface area contributed by atoms with E-state index in [0.29, 0.717) is 5.92 Å². The summed E-state index contributed by atoms with van der Waals surface area (Å²) in [5.74, 6) is -0.191. The molecule has 0 spiro atoms. The van der Waals surface area contributed by atoms with Gasteiger partial charge in [-0.05, 0) is 44.4 Å². The van der Waals surface area contributed by atoms with Crippen molar-refractivity contribution in [3.05, 3.63) is 41.0 Å². The lowest BCUT2D eigenvalue weighted by Crippen LogP contribution is -2.36. The maximum absolute atomic E-state index is 6.25. The summed E-state index contributed by atoms with van der Waals surface area (Å²) in [4.78, 5) is 0. The van der Waals surface area contributed by atoms with Crippen molar-refractivity contribution < 1.29 is 14.2 Å². The second-order valence-corrected chi connectivity index (χ2v) is 7.34. The van der Waals surface area contributed by atoms with E-state index in [9.17, 15) is 0 Å². The van der Waals surface area contributed by atoms with E-state index < -0.39 is 5.79 Å². The van der Waals surface area contributed by atoms with Gasteiger partial charge in [0.05, 0.1) is 6.10 Å². The molecule has 3 heterocycles. The van der Waals surface area contributed by atoms with Crippen LogP contribution in [0.3, 0.4) is 0 Å². The Labute approximate surface area is 132 Å². The number of fused-ring (bicyclic) bond motifs is 5. The molecule has 4 rings (SSSR count). The minimum absolute atomic E-state index is 0.0179. The lowest BCUT2D eigenvalue weighted by molar-refractivity contribution is -0.187. The van der Waals surface area contributed by atoms with E-state index in [2.05, 4.69) is 45.0 Å². The molecule has 3 nitrogen and oxygen atoms in total. The Balaban J connectivity index is 1.76. The molecule has 0 radical (unpaired) electrons. The summed E-state index contributed by atoms with van der Waals surface area (Å²) in [6, 6.07) is 8.79. The first-order valence-corrected chi connectivity index (χ1v) is 8.16. The molecule has 1 unspecified atom stereocenters. The Kier molecular flexibility index (Phi) is 3.06. The largest absolute Gasteiger partial charge is 0.364 e. The Bertz CT molecular complexity index is 629. The molecular weight excluding hydrogens is 276 g/mol. The third-order valence-corrected chi connectivity index (χ3v) is 5.25. The van der Waals surface area contributed by atoms with Crippen LogP contribution in [0, 0.1) is 12.8 Å². The van der Waals surface area contributed by atoms with Crippen molar-refractivity contribution in [1.29, 1.82) is 0 Å². The summed E-state index contributed by atoms with van der Waals surface area (Å²) in [5.41, 5.74) is 5.28. The standard InChI is InChI=1S/C19H24O3/c1-10-6-8-13(9-7-10)14-11(2)15-17-18(16(20-15)12(14)3)22-19(4,5)21-17/h6-9,11,15-18H,1-5H3/t11?,15-,16+,17-,18+/m0/s1. The van der Waals surface area contributed by atoms with Crippen LogP contribution in [0.25, 0.3) is 5.57 Å². The zero-order valence-corrected chi connectivity index (χ0v) is 13.9. The SMILES string of the molecule is CC1=C(c2ccc(C)cc2)C(C)[C@@H]2O[C@H]1[C@H]1OC(C)(C)O[C@H]12. The van der Waals surface area contributed by atoms with Gasteiger partial charge >= 0.3 is 0 Å². The first-order chi connectivity index (χ1) is 10.4. The summed E-state index contributed by atoms with van der Waals surface area (Å²) in [6.45, 7) is 10.5. The molecule has 1 aromatic carbocycles. The fraction of sp³-hybridized carbons (Fsp3) is 0.579. The minimum atomic E-state index is -0.503. The van der Waals surface area contributed by atoms with E-state index in [-0.39, 0.29) is 24.4 Å². The number of ether oxygens (including phenoxy) is 3. The molecule has 0 aromatic heterocycles. The number of rotatable bonds is 1. The van der Waals surface area contributed by atoms with Crippen molar-refractivity contribution in [3.8, 4) is 0 Å². The van der Waals surface area contributed by atoms with Crippen LogP contribution >= 0.6 is 0 Å². The zero-order valence-electron chi connectivity index (χ0n) is 13.9. The van der Waals surface area contributed by atoms with Gasteiger partial charge in [-0.3, -0.25) is 0 Å². The highest BCUT2D eigenvalue weighted by Gasteiger charge is 2.59. The van der Waals surface area contributed by atoms with Gasteiger partial charge < -0.3 is 14.2 Å². The van der Waals surface area contributed by atoms with Gasteiger partial charge in [0, 0.05) is 5.92 Å². The predicted molar refractivity (Wildman–Crippen MR) is 85.4 cm³/mol. The summed E-state index contributed by atoms with van der Waals surface area (Å²) in [5, 5.41) is 0. The molecule has 3 aliphatic rings. The van der Waals surface area contributed by atoms with E-state index in [1.165, 1.54) is 22.3 Å². The molecule has 2 saturated heterocycles. The van der Waals surface area contributed by atoms with Crippen LogP contribution in [0.1, 0.15) is 38.8 Å². The highest BCUT2D eigenvalue weighted by Crippen LogP contribution is 2.50. The van der Waals surface area contributed by atoms with Crippen molar-refractivity contribution in [3.63, 3.8) is 0 Å². The van der Waals surface area contributed by atoms with Crippen molar-refractivity contribution in [2.45, 2.75) is 64.8 Å². The van der Waals surface area contributed by atoms with E-state index in [1.54, 1.807) is 0 Å². The summed E-state index contributed by atoms with van der Waals surface area (Å²) in [7, 11) is 0. The fourth-order valence-electron chi connectivity index (χ4n) is 4.28. The Morgan fingerprint density at radius 2 is 1.55 bits per heavy atom. The molecule has 0 aliphatic carbocycles. The third kappa shape index (κ3) is 1.99. The van der Waals surface area contributed by atoms with Gasteiger partial charge in [0.15, 0.2) is 5.79 Å². The van der Waals surface area contributed by atoms with Crippen LogP contribution in [0.2, 0.25) is 0 Å². The van der Waals surface area contributed by atoms with Gasteiger partial charge in [-0.25, -0.2) is 0 Å². The molecule has 0 saturated carbocycles. The lowest BCUT2D eigenvalue weighted by atomic mass is 9.84. The molecule has 118 valence electrons. The second-order valence-electron chi connectivity index (χ2n) is 7.34. The normalized spacial score (nSPS) is 39.2. The van der Waals surface area contributed by atoms with Gasteiger partial charge in [0.25, 0.3) is 0 Å². The van der Waals surface area contributed by atoms with Crippen molar-refractivity contribution in [2.75, 3.05) is 0 Å². The molecule has 0 amide bonds. The maximum atomic E-state index is 6.25. The number of aryl methyl sites for hydroxylation is 1. The number of benzene rings is 1. The van der Waals surface area contributed by atoms with Crippen molar-refractivity contribution in [1.82, 2.24) is 0 Å². The van der Waals surface area contributed by atoms with E-state index >= 15 is 0 Å². The van der Waals surface area contributed by atoms with Gasteiger partial charge in [0.1, 0.15) is 18.3 Å². The van der Waals surface area contributed by atoms with Crippen LogP contribution < -0.4 is 0 Å². The van der Waals surface area contributed by atoms with E-state index in [0.717, 1.165) is 0 Å². The predicted octanol–water partition coefficient (Wildman–Crippen LogP) is 3.71. The Morgan fingerprint density at radius 1 is 0.909 bits per heavy atom. The monoisotopic (exact) mass is 300 g/mol. The Hall–Kier alpha value is -1.16. The number of hydrogen-bond donors (Lipinski definition) is 0. The maximum Gasteiger partial charge on any atom is 0.164 e. The van der Waals surface area contributed by atoms with Crippen molar-refractivity contribution >= 4 is 5.57 Å². The minimum Gasteiger partial charge on any atom is -0.364 e. The second kappa shape index (κ2) is 4.67. The smallest absolute Gasteiger partial charge is 0.164 e. The molecule has 2 fully saturated rings. The lowest BCUT2D eigenvalue weighted by Gasteiger charge is -2.34. The average Bonchev–Trinajstić information content (AvgIpc) is 2.91. The van der Waals surface area contributed by atoms with Crippen LogP contribution in [0.15, 0.2) is 29.8 Å². The van der Waals surface area contributed by atoms with Gasteiger partial charge in [0.2, 0.25) is 0 Å². The molecule has 1 aromatic rings. The van der Waals surface area contributed by atoms with Crippen LogP contribution in [-0.2, 0) is 14.2 Å². The molecular formula is C19H24O3. The fourth-order valence-corrected chi connectivity index (χ4v) is 4.28. The van der Waals surface area contributed by atoms with Gasteiger partial charge in [-0.1, -0.05) is 36.8 Å². The van der Waals surface area contributed by atoms with Gasteiger partial charge in [-0.2, -0.15) is 0 Å². The quantitative estimate of drug-likeness (QED) is 0.791. The third-order valence-electron chi connectivity index (χ3n) is 5.25. The zero-order chi connectivity index (χ0) is 15.6. The summed E-state index contributed by atoms with van der Waals surface area (Å²) < 4.78 is 18.5. The highest BCUT2D eigenvalue weighted by atomic mass is 16.8. The molecule has 3 aliphatic heterocycles. The molecule has 0 N–H and O–H groups in total. The molecule has 2 bridgehead atoms. The van der Waals surface area contributed by atoms with Gasteiger partial charge in [-0.15, -0.1) is 0 Å². The van der Waals surface area contributed by atoms with E-state index in [1.807, 2.05) is 13.8 Å². The molecule has 3 heteroatoms. The average molecular weight is 300 g/mol. The molecule has 5 atom stereocenters.